The summed E-state index contributed by atoms with van der Waals surface area (Å²) >= 11 is 3.32. The van der Waals surface area contributed by atoms with Crippen LogP contribution in [0.2, 0.25) is 0 Å². The smallest absolute Gasteiger partial charge is 0.258 e. The second-order valence-electron chi connectivity index (χ2n) is 8.18. The van der Waals surface area contributed by atoms with Gasteiger partial charge in [0.25, 0.3) is 11.8 Å². The number of nitrogens with one attached hydrogen (secondary N) is 3. The third kappa shape index (κ3) is 5.67. The van der Waals surface area contributed by atoms with Crippen LogP contribution < -0.4 is 10.6 Å². The maximum absolute atomic E-state index is 13.0. The number of carbonyl (C=O) groups is 2. The summed E-state index contributed by atoms with van der Waals surface area (Å²) in [5, 5.41) is 13.9. The van der Waals surface area contributed by atoms with E-state index in [1.807, 2.05) is 50.5 Å². The molecule has 0 saturated carbocycles. The van der Waals surface area contributed by atoms with E-state index in [1.165, 1.54) is 0 Å². The SMILES string of the molecule is CN(C)C(=N)c1ccccc1-c1ccc(C(=O)Nc2ccccc2C(=O)Nc2ccc(Br)cn2)cc1. The predicted molar refractivity (Wildman–Crippen MR) is 147 cm³/mol. The molecule has 3 N–H and O–H groups in total. The summed E-state index contributed by atoms with van der Waals surface area (Å²) in [6.45, 7) is 0. The molecule has 3 aromatic carbocycles. The number of anilines is 2. The number of amides is 2. The number of rotatable bonds is 6. The van der Waals surface area contributed by atoms with E-state index in [-0.39, 0.29) is 11.8 Å². The molecule has 0 aliphatic rings. The highest BCUT2D eigenvalue weighted by Gasteiger charge is 2.16. The number of amidine groups is 1. The number of para-hydroxylation sites is 1. The van der Waals surface area contributed by atoms with Gasteiger partial charge in [0.2, 0.25) is 0 Å². The van der Waals surface area contributed by atoms with Crippen LogP contribution in [0.15, 0.2) is 95.6 Å². The highest BCUT2D eigenvalue weighted by molar-refractivity contribution is 9.10. The van der Waals surface area contributed by atoms with Crippen LogP contribution in [0.1, 0.15) is 26.3 Å². The van der Waals surface area contributed by atoms with E-state index in [9.17, 15) is 9.59 Å². The van der Waals surface area contributed by atoms with Gasteiger partial charge in [-0.2, -0.15) is 0 Å². The summed E-state index contributed by atoms with van der Waals surface area (Å²) in [6, 6.07) is 25.1. The Balaban J connectivity index is 1.52. The minimum atomic E-state index is -0.379. The normalized spacial score (nSPS) is 10.4. The van der Waals surface area contributed by atoms with Crippen molar-refractivity contribution >= 4 is 45.1 Å². The van der Waals surface area contributed by atoms with Crippen LogP contribution in [-0.4, -0.2) is 41.6 Å². The molecule has 4 rings (SSSR count). The third-order valence-corrected chi connectivity index (χ3v) is 5.95. The first kappa shape index (κ1) is 24.8. The fraction of sp³-hybridized carbons (Fsp3) is 0.0714. The van der Waals surface area contributed by atoms with E-state index >= 15 is 0 Å². The first-order valence-electron chi connectivity index (χ1n) is 11.1. The van der Waals surface area contributed by atoms with Gasteiger partial charge in [0.1, 0.15) is 11.7 Å². The van der Waals surface area contributed by atoms with Gasteiger partial charge in [-0.1, -0.05) is 48.5 Å². The van der Waals surface area contributed by atoms with Gasteiger partial charge in [-0.3, -0.25) is 15.0 Å². The van der Waals surface area contributed by atoms with E-state index in [1.54, 1.807) is 59.6 Å². The number of nitrogens with zero attached hydrogens (tertiary/aromatic N) is 2. The van der Waals surface area contributed by atoms with E-state index < -0.39 is 0 Å². The largest absolute Gasteiger partial charge is 0.363 e. The number of carbonyl (C=O) groups excluding carboxylic acids is 2. The lowest BCUT2D eigenvalue weighted by Gasteiger charge is -2.17. The fourth-order valence-electron chi connectivity index (χ4n) is 3.60. The number of aromatic nitrogens is 1. The van der Waals surface area contributed by atoms with Crippen LogP contribution in [-0.2, 0) is 0 Å². The highest BCUT2D eigenvalue weighted by Crippen LogP contribution is 2.25. The Morgan fingerprint density at radius 3 is 2.14 bits per heavy atom. The van der Waals surface area contributed by atoms with Crippen molar-refractivity contribution in [2.45, 2.75) is 0 Å². The van der Waals surface area contributed by atoms with Crippen molar-refractivity contribution in [3.63, 3.8) is 0 Å². The summed E-state index contributed by atoms with van der Waals surface area (Å²) in [4.78, 5) is 31.7. The molecule has 2 amide bonds. The Bertz CT molecular complexity index is 1420. The summed E-state index contributed by atoms with van der Waals surface area (Å²) in [6.07, 6.45) is 1.59. The molecule has 36 heavy (non-hydrogen) atoms. The van der Waals surface area contributed by atoms with Crippen LogP contribution in [0.3, 0.4) is 0 Å². The van der Waals surface area contributed by atoms with Gasteiger partial charge in [-0.05, 0) is 63.5 Å². The molecule has 1 heterocycles. The molecule has 0 saturated heterocycles. The van der Waals surface area contributed by atoms with Crippen LogP contribution >= 0.6 is 15.9 Å². The van der Waals surface area contributed by atoms with Crippen LogP contribution in [0.5, 0.6) is 0 Å². The molecule has 7 nitrogen and oxygen atoms in total. The van der Waals surface area contributed by atoms with Crippen LogP contribution in [0.4, 0.5) is 11.5 Å². The lowest BCUT2D eigenvalue weighted by atomic mass is 9.97. The van der Waals surface area contributed by atoms with Crippen molar-refractivity contribution in [3.8, 4) is 11.1 Å². The average molecular weight is 542 g/mol. The monoisotopic (exact) mass is 541 g/mol. The summed E-state index contributed by atoms with van der Waals surface area (Å²) in [5.74, 6) is 0.0945. The molecule has 0 fully saturated rings. The third-order valence-electron chi connectivity index (χ3n) is 5.48. The molecule has 180 valence electrons. The molecule has 0 aliphatic heterocycles. The molecule has 4 aromatic rings. The minimum Gasteiger partial charge on any atom is -0.363 e. The Labute approximate surface area is 217 Å². The molecule has 0 unspecified atom stereocenters. The van der Waals surface area contributed by atoms with Crippen LogP contribution in [0, 0.1) is 5.41 Å². The molecular formula is C28H24BrN5O2. The van der Waals surface area contributed by atoms with Gasteiger partial charge in [0.05, 0.1) is 11.3 Å². The van der Waals surface area contributed by atoms with Gasteiger partial charge >= 0.3 is 0 Å². The molecule has 1 aromatic heterocycles. The standard InChI is InChI=1S/C28H24BrN5O2/c1-34(2)26(30)22-8-4-3-7-21(22)18-11-13-19(14-12-18)27(35)32-24-10-6-5-9-23(24)28(36)33-25-16-15-20(29)17-31-25/h3-17,30H,1-2H3,(H,32,35)(H,31,33,36). The van der Waals surface area contributed by atoms with Gasteiger partial charge in [-0.25, -0.2) is 4.98 Å². The number of halogens is 1. The van der Waals surface area contributed by atoms with Crippen molar-refractivity contribution < 1.29 is 9.59 Å². The summed E-state index contributed by atoms with van der Waals surface area (Å²) < 4.78 is 0.804. The number of hydrogen-bond donors (Lipinski definition) is 3. The van der Waals surface area contributed by atoms with Gasteiger partial charge in [0, 0.05) is 35.9 Å². The lowest BCUT2D eigenvalue weighted by molar-refractivity contribution is 0.102. The van der Waals surface area contributed by atoms with E-state index in [2.05, 4.69) is 31.5 Å². The van der Waals surface area contributed by atoms with Crippen LogP contribution in [0.25, 0.3) is 11.1 Å². The van der Waals surface area contributed by atoms with Crippen molar-refractivity contribution in [3.05, 3.63) is 112 Å². The van der Waals surface area contributed by atoms with Gasteiger partial charge < -0.3 is 15.5 Å². The van der Waals surface area contributed by atoms with E-state index in [0.717, 1.165) is 21.2 Å². The average Bonchev–Trinajstić information content (AvgIpc) is 2.90. The van der Waals surface area contributed by atoms with Crippen molar-refractivity contribution in [2.75, 3.05) is 24.7 Å². The maximum Gasteiger partial charge on any atom is 0.258 e. The Morgan fingerprint density at radius 1 is 0.806 bits per heavy atom. The topological polar surface area (TPSA) is 98.2 Å². The fourth-order valence-corrected chi connectivity index (χ4v) is 3.84. The van der Waals surface area contributed by atoms with Gasteiger partial charge in [0.15, 0.2) is 0 Å². The summed E-state index contributed by atoms with van der Waals surface area (Å²) in [5.41, 5.74) is 3.78. The second-order valence-corrected chi connectivity index (χ2v) is 9.10. The predicted octanol–water partition coefficient (Wildman–Crippen LogP) is 5.90. The number of benzene rings is 3. The zero-order chi connectivity index (χ0) is 25.7. The van der Waals surface area contributed by atoms with E-state index in [0.29, 0.717) is 28.5 Å². The lowest BCUT2D eigenvalue weighted by Crippen LogP contribution is -2.22. The molecule has 8 heteroatoms. The number of hydrogen-bond acceptors (Lipinski definition) is 4. The Morgan fingerprint density at radius 2 is 1.47 bits per heavy atom. The second kappa shape index (κ2) is 11.0. The van der Waals surface area contributed by atoms with Crippen molar-refractivity contribution in [1.29, 1.82) is 5.41 Å². The molecule has 0 bridgehead atoms. The maximum atomic E-state index is 13.0. The summed E-state index contributed by atoms with van der Waals surface area (Å²) in [7, 11) is 3.67. The molecule has 0 radical (unpaired) electrons. The Hall–Kier alpha value is -4.30. The highest BCUT2D eigenvalue weighted by atomic mass is 79.9. The minimum absolute atomic E-state index is 0.323. The molecule has 0 spiro atoms. The van der Waals surface area contributed by atoms with Crippen molar-refractivity contribution in [1.82, 2.24) is 9.88 Å². The van der Waals surface area contributed by atoms with Crippen molar-refractivity contribution in [2.24, 2.45) is 0 Å². The first-order valence-corrected chi connectivity index (χ1v) is 11.9. The van der Waals surface area contributed by atoms with E-state index in [4.69, 9.17) is 5.41 Å². The quantitative estimate of drug-likeness (QED) is 0.209. The Kier molecular flexibility index (Phi) is 7.56. The van der Waals surface area contributed by atoms with Gasteiger partial charge in [-0.15, -0.1) is 0 Å². The molecule has 0 atom stereocenters. The zero-order valence-electron chi connectivity index (χ0n) is 19.7. The molecular weight excluding hydrogens is 518 g/mol. The zero-order valence-corrected chi connectivity index (χ0v) is 21.3. The molecule has 0 aliphatic carbocycles. The number of pyridine rings is 1. The first-order chi connectivity index (χ1) is 17.3.